The van der Waals surface area contributed by atoms with Crippen LogP contribution in [-0.4, -0.2) is 49.1 Å². The molecular formula is C13H15NO5S. The Kier molecular flexibility index (Phi) is 3.56. The lowest BCUT2D eigenvalue weighted by atomic mass is 10.1. The van der Waals surface area contributed by atoms with E-state index < -0.39 is 27.0 Å². The fraction of sp³-hybridized carbons (Fsp3) is 0.385. The van der Waals surface area contributed by atoms with Crippen molar-refractivity contribution in [2.75, 3.05) is 13.6 Å². The molecule has 0 aromatic heterocycles. The van der Waals surface area contributed by atoms with Crippen LogP contribution in [-0.2, 0) is 14.6 Å². The van der Waals surface area contributed by atoms with Crippen molar-refractivity contribution >= 4 is 21.7 Å². The van der Waals surface area contributed by atoms with E-state index >= 15 is 0 Å². The van der Waals surface area contributed by atoms with Gasteiger partial charge in [0.05, 0.1) is 10.5 Å². The Hall–Kier alpha value is -1.89. The molecule has 1 fully saturated rings. The third kappa shape index (κ3) is 2.18. The second-order valence-electron chi connectivity index (χ2n) is 4.82. The van der Waals surface area contributed by atoms with Crippen LogP contribution in [0.3, 0.4) is 0 Å². The van der Waals surface area contributed by atoms with Crippen molar-refractivity contribution in [2.24, 2.45) is 0 Å². The summed E-state index contributed by atoms with van der Waals surface area (Å²) < 4.78 is 25.1. The van der Waals surface area contributed by atoms with E-state index in [-0.39, 0.29) is 22.4 Å². The van der Waals surface area contributed by atoms with Gasteiger partial charge < -0.3 is 10.0 Å². The number of hydrogen-bond donors (Lipinski definition) is 1. The van der Waals surface area contributed by atoms with Crippen LogP contribution in [0.2, 0.25) is 0 Å². The highest BCUT2D eigenvalue weighted by Crippen LogP contribution is 2.28. The third-order valence-corrected chi connectivity index (χ3v) is 5.82. The van der Waals surface area contributed by atoms with Crippen molar-refractivity contribution in [3.05, 3.63) is 29.3 Å². The number of nitrogens with zero attached hydrogens (tertiary/aromatic N) is 1. The maximum atomic E-state index is 12.5. The van der Waals surface area contributed by atoms with Crippen molar-refractivity contribution in [3.8, 4) is 0 Å². The molecule has 1 aromatic rings. The molecule has 0 aliphatic carbocycles. The fourth-order valence-electron chi connectivity index (χ4n) is 2.39. The number of benzene rings is 1. The maximum Gasteiger partial charge on any atom is 0.335 e. The Balaban J connectivity index is 2.54. The van der Waals surface area contributed by atoms with E-state index in [2.05, 4.69) is 0 Å². The van der Waals surface area contributed by atoms with Gasteiger partial charge >= 0.3 is 5.97 Å². The highest BCUT2D eigenvalue weighted by atomic mass is 32.2. The molecular weight excluding hydrogens is 282 g/mol. The van der Waals surface area contributed by atoms with E-state index in [1.807, 2.05) is 0 Å². The number of carboxylic acids is 1. The van der Waals surface area contributed by atoms with E-state index in [1.54, 1.807) is 7.05 Å². The van der Waals surface area contributed by atoms with E-state index in [0.29, 0.717) is 6.54 Å². The molecule has 1 N–H and O–H groups in total. The number of hydrogen-bond acceptors (Lipinski definition) is 4. The molecule has 2 rings (SSSR count). The van der Waals surface area contributed by atoms with Crippen LogP contribution in [0.25, 0.3) is 0 Å². The average molecular weight is 297 g/mol. The molecule has 20 heavy (non-hydrogen) atoms. The predicted octanol–water partition coefficient (Wildman–Crippen LogP) is 0.698. The van der Waals surface area contributed by atoms with Crippen molar-refractivity contribution in [1.82, 2.24) is 4.90 Å². The average Bonchev–Trinajstić information content (AvgIpc) is 2.70. The lowest BCUT2D eigenvalue weighted by Crippen LogP contribution is -2.32. The van der Waals surface area contributed by atoms with Gasteiger partial charge in [-0.15, -0.1) is 0 Å². The van der Waals surface area contributed by atoms with E-state index in [9.17, 15) is 18.0 Å². The minimum Gasteiger partial charge on any atom is -0.478 e. The zero-order valence-corrected chi connectivity index (χ0v) is 12.0. The van der Waals surface area contributed by atoms with Gasteiger partial charge in [-0.25, -0.2) is 13.2 Å². The van der Waals surface area contributed by atoms with Crippen molar-refractivity contribution in [2.45, 2.75) is 23.5 Å². The summed E-state index contributed by atoms with van der Waals surface area (Å²) in [6.45, 7) is 1.83. The summed E-state index contributed by atoms with van der Waals surface area (Å²) in [4.78, 5) is 24.3. The molecule has 1 unspecified atom stereocenters. The first-order valence-electron chi connectivity index (χ1n) is 6.08. The van der Waals surface area contributed by atoms with Crippen LogP contribution in [0.4, 0.5) is 0 Å². The van der Waals surface area contributed by atoms with Gasteiger partial charge in [0, 0.05) is 13.6 Å². The fourth-order valence-corrected chi connectivity index (χ4v) is 4.36. The summed E-state index contributed by atoms with van der Waals surface area (Å²) in [5, 5.41) is 7.93. The topological polar surface area (TPSA) is 91.8 Å². The molecule has 1 aromatic carbocycles. The number of carboxylic acid groups (broad SMARTS) is 1. The van der Waals surface area contributed by atoms with Gasteiger partial charge in [-0.3, -0.25) is 4.79 Å². The van der Waals surface area contributed by atoms with Crippen LogP contribution in [0.15, 0.2) is 23.1 Å². The first kappa shape index (κ1) is 14.5. The summed E-state index contributed by atoms with van der Waals surface area (Å²) in [5.74, 6) is -1.63. The van der Waals surface area contributed by atoms with Crippen LogP contribution in [0.5, 0.6) is 0 Å². The van der Waals surface area contributed by atoms with Crippen LogP contribution in [0.1, 0.15) is 22.3 Å². The highest BCUT2D eigenvalue weighted by molar-refractivity contribution is 7.92. The molecule has 1 aliphatic heterocycles. The lowest BCUT2D eigenvalue weighted by Gasteiger charge is -2.14. The second-order valence-corrected chi connectivity index (χ2v) is 6.91. The Morgan fingerprint density at radius 3 is 2.55 bits per heavy atom. The van der Waals surface area contributed by atoms with E-state index in [1.165, 1.54) is 30.0 Å². The zero-order chi connectivity index (χ0) is 15.1. The number of carbonyl (C=O) groups is 2. The normalized spacial score (nSPS) is 19.4. The number of aromatic carboxylic acids is 1. The first-order chi connectivity index (χ1) is 9.26. The Bertz CT molecular complexity index is 680. The summed E-state index contributed by atoms with van der Waals surface area (Å²) in [6.07, 6.45) is 0.231. The molecule has 0 spiro atoms. The molecule has 0 saturated carbocycles. The number of sulfone groups is 1. The number of likely N-dealkylation sites (tertiary alicyclic amines) is 1. The van der Waals surface area contributed by atoms with Gasteiger partial charge in [-0.2, -0.15) is 0 Å². The van der Waals surface area contributed by atoms with Crippen LogP contribution >= 0.6 is 0 Å². The molecule has 0 bridgehead atoms. The molecule has 6 nitrogen and oxygen atoms in total. The van der Waals surface area contributed by atoms with Gasteiger partial charge in [0.2, 0.25) is 5.91 Å². The second kappa shape index (κ2) is 4.90. The number of rotatable bonds is 3. The summed E-state index contributed by atoms with van der Waals surface area (Å²) in [5.41, 5.74) is 0.104. The van der Waals surface area contributed by atoms with Gasteiger partial charge in [0.15, 0.2) is 9.84 Å². The molecule has 108 valence electrons. The highest BCUT2D eigenvalue weighted by Gasteiger charge is 2.41. The Morgan fingerprint density at radius 2 is 2.05 bits per heavy atom. The van der Waals surface area contributed by atoms with Gasteiger partial charge in [0.25, 0.3) is 0 Å². The minimum atomic E-state index is -3.86. The van der Waals surface area contributed by atoms with Gasteiger partial charge in [-0.1, -0.05) is 6.07 Å². The van der Waals surface area contributed by atoms with Crippen molar-refractivity contribution in [1.29, 1.82) is 0 Å². The molecule has 1 saturated heterocycles. The molecule has 7 heteroatoms. The molecule has 1 heterocycles. The third-order valence-electron chi connectivity index (χ3n) is 3.57. The smallest absolute Gasteiger partial charge is 0.335 e. The van der Waals surface area contributed by atoms with Gasteiger partial charge in [-0.05, 0) is 31.0 Å². The van der Waals surface area contributed by atoms with Crippen molar-refractivity contribution in [3.63, 3.8) is 0 Å². The monoisotopic (exact) mass is 297 g/mol. The largest absolute Gasteiger partial charge is 0.478 e. The molecule has 0 radical (unpaired) electrons. The van der Waals surface area contributed by atoms with E-state index in [0.717, 1.165) is 0 Å². The predicted molar refractivity (Wildman–Crippen MR) is 71.4 cm³/mol. The number of amides is 1. The quantitative estimate of drug-likeness (QED) is 0.886. The minimum absolute atomic E-state index is 0.0649. The Morgan fingerprint density at radius 1 is 1.40 bits per heavy atom. The van der Waals surface area contributed by atoms with E-state index in [4.69, 9.17) is 5.11 Å². The lowest BCUT2D eigenvalue weighted by molar-refractivity contribution is -0.126. The summed E-state index contributed by atoms with van der Waals surface area (Å²) >= 11 is 0. The molecule has 1 amide bonds. The maximum absolute atomic E-state index is 12.5. The number of carbonyl (C=O) groups excluding carboxylic acids is 1. The molecule has 1 atom stereocenters. The summed E-state index contributed by atoms with van der Waals surface area (Å²) in [6, 6.07) is 4.08. The Labute approximate surface area is 116 Å². The van der Waals surface area contributed by atoms with Crippen molar-refractivity contribution < 1.29 is 23.1 Å². The van der Waals surface area contributed by atoms with Gasteiger partial charge in [0.1, 0.15) is 5.25 Å². The molecule has 1 aliphatic rings. The SMILES string of the molecule is Cc1c(C(=O)O)cccc1S(=O)(=O)C1CCN(C)C1=O. The van der Waals surface area contributed by atoms with Crippen LogP contribution in [0, 0.1) is 6.92 Å². The first-order valence-corrected chi connectivity index (χ1v) is 7.63. The summed E-state index contributed by atoms with van der Waals surface area (Å²) in [7, 11) is -2.31. The standard InChI is InChI=1S/C13H15NO5S/c1-8-9(13(16)17)4-3-5-10(8)20(18,19)11-6-7-14(2)12(11)15/h3-5,11H,6-7H2,1-2H3,(H,16,17). The van der Waals surface area contributed by atoms with Crippen LogP contribution < -0.4 is 0 Å². The zero-order valence-electron chi connectivity index (χ0n) is 11.2.